The minimum absolute atomic E-state index is 0.0942. The number of hydrogen-bond acceptors (Lipinski definition) is 7. The first-order chi connectivity index (χ1) is 19.0. The summed E-state index contributed by atoms with van der Waals surface area (Å²) in [5.41, 5.74) is -1.07. The van der Waals surface area contributed by atoms with Crippen LogP contribution in [-0.4, -0.2) is 46.4 Å². The van der Waals surface area contributed by atoms with Crippen molar-refractivity contribution >= 4 is 5.91 Å². The van der Waals surface area contributed by atoms with Gasteiger partial charge in [-0.3, -0.25) is 0 Å². The molecule has 1 aromatic heterocycles. The van der Waals surface area contributed by atoms with Gasteiger partial charge >= 0.3 is 189 Å². The van der Waals surface area contributed by atoms with Gasteiger partial charge in [0, 0.05) is 0 Å². The number of aromatic amines is 1. The van der Waals surface area contributed by atoms with Crippen LogP contribution < -0.4 is 16.6 Å². The number of amides is 1. The third-order valence-corrected chi connectivity index (χ3v) is 10.4. The Hall–Kier alpha value is -1.59. The number of nitrogens with zero attached hydrogens (tertiary/aromatic N) is 2. The summed E-state index contributed by atoms with van der Waals surface area (Å²) in [6.45, 7) is 24.1. The molecule has 1 aromatic rings. The summed E-state index contributed by atoms with van der Waals surface area (Å²) in [7, 11) is 0. The number of carbonyl (C=O) groups is 1. The number of rotatable bonds is 15. The first-order valence-corrected chi connectivity index (χ1v) is 15.5. The van der Waals surface area contributed by atoms with Crippen LogP contribution in [0.25, 0.3) is 0 Å². The van der Waals surface area contributed by atoms with E-state index in [1.165, 1.54) is 10.8 Å². The zero-order chi connectivity index (χ0) is 31.2. The number of carbonyl (C=O) groups excluding carboxylic acids is 1. The van der Waals surface area contributed by atoms with Gasteiger partial charge < -0.3 is 0 Å². The maximum atomic E-state index is 13.5. The second-order valence-corrected chi connectivity index (χ2v) is 13.3. The van der Waals surface area contributed by atoms with E-state index in [9.17, 15) is 14.4 Å². The number of ether oxygens (including phenoxy) is 2. The molecule has 11 heteroatoms. The van der Waals surface area contributed by atoms with E-state index < -0.39 is 35.2 Å². The van der Waals surface area contributed by atoms with Gasteiger partial charge in [0.2, 0.25) is 0 Å². The summed E-state index contributed by atoms with van der Waals surface area (Å²) in [6.07, 6.45) is 0.0275. The molecule has 41 heavy (non-hydrogen) atoms. The van der Waals surface area contributed by atoms with E-state index in [1.807, 2.05) is 17.2 Å². The van der Waals surface area contributed by atoms with Crippen molar-refractivity contribution in [3.05, 3.63) is 32.6 Å². The predicted molar refractivity (Wildman–Crippen MR) is 155 cm³/mol. The molecular formula is C30H52N4O6V. The molecule has 2 N–H and O–H groups in total. The van der Waals surface area contributed by atoms with Gasteiger partial charge in [-0.1, -0.05) is 48.5 Å². The van der Waals surface area contributed by atoms with Crippen LogP contribution in [0.2, 0.25) is 0 Å². The van der Waals surface area contributed by atoms with Gasteiger partial charge in [-0.15, -0.1) is 0 Å². The molecule has 0 radical (unpaired) electrons. The molecule has 233 valence electrons. The van der Waals surface area contributed by atoms with E-state index in [0.29, 0.717) is 41.6 Å². The number of aromatic nitrogens is 2. The second kappa shape index (κ2) is 15.2. The van der Waals surface area contributed by atoms with E-state index >= 15 is 0 Å². The van der Waals surface area contributed by atoms with Crippen molar-refractivity contribution in [1.82, 2.24) is 14.9 Å². The quantitative estimate of drug-likeness (QED) is 0.279. The summed E-state index contributed by atoms with van der Waals surface area (Å²) in [5, 5.41) is 3.40. The number of nitrogens with one attached hydrogen (secondary N) is 2. The summed E-state index contributed by atoms with van der Waals surface area (Å²) < 4.78 is 17.2. The molecule has 1 fully saturated rings. The van der Waals surface area contributed by atoms with Gasteiger partial charge in [-0.25, -0.2) is 0 Å². The van der Waals surface area contributed by atoms with Gasteiger partial charge in [0.05, 0.1) is 0 Å². The zero-order valence-electron chi connectivity index (χ0n) is 26.8. The third-order valence-electron chi connectivity index (χ3n) is 10.2. The molecule has 0 spiro atoms. The fraction of sp³-hybridized carbons (Fsp3) is 0.833. The van der Waals surface area contributed by atoms with Crippen molar-refractivity contribution in [3.8, 4) is 0 Å². The Balaban J connectivity index is 2.24. The Labute approximate surface area is 254 Å². The molecule has 1 aliphatic rings. The number of H-pyrrole nitrogens is 1. The average molecular weight is 616 g/mol. The number of aryl methyl sites for hydroxylation is 1. The molecule has 2 rings (SSSR count). The Kier molecular flexibility index (Phi) is 13.2. The minimum atomic E-state index is -0.679. The monoisotopic (exact) mass is 615 g/mol. The van der Waals surface area contributed by atoms with Crippen molar-refractivity contribution in [2.24, 2.45) is 45.4 Å². The number of hydrogen-bond donors (Lipinski definition) is 2. The van der Waals surface area contributed by atoms with Crippen molar-refractivity contribution in [2.45, 2.75) is 107 Å². The van der Waals surface area contributed by atoms with Crippen LogP contribution in [0, 0.1) is 48.3 Å². The van der Waals surface area contributed by atoms with Gasteiger partial charge in [-0.05, 0) is 17.8 Å². The van der Waals surface area contributed by atoms with Crippen LogP contribution in [0.4, 0.5) is 0 Å². The molecule has 0 saturated carbocycles. The first kappa shape index (κ1) is 35.6. The van der Waals surface area contributed by atoms with Gasteiger partial charge in [-0.2, -0.15) is 0 Å². The van der Waals surface area contributed by atoms with Crippen LogP contribution in [-0.2, 0) is 36.3 Å². The topological polar surface area (TPSA) is 124 Å². The first-order valence-electron chi connectivity index (χ1n) is 14.9. The van der Waals surface area contributed by atoms with E-state index in [2.05, 4.69) is 83.5 Å². The molecule has 1 aliphatic heterocycles. The van der Waals surface area contributed by atoms with Crippen LogP contribution >= 0.6 is 0 Å². The van der Waals surface area contributed by atoms with Crippen LogP contribution in [0.5, 0.6) is 0 Å². The molecule has 10 nitrogen and oxygen atoms in total. The van der Waals surface area contributed by atoms with Gasteiger partial charge in [0.1, 0.15) is 0 Å². The van der Waals surface area contributed by atoms with Crippen LogP contribution in [0.1, 0.15) is 87.4 Å². The van der Waals surface area contributed by atoms with Crippen LogP contribution in [0.15, 0.2) is 19.7 Å². The van der Waals surface area contributed by atoms with E-state index in [4.69, 9.17) is 14.3 Å². The molecule has 9 atom stereocenters. The van der Waals surface area contributed by atoms with Crippen LogP contribution in [0.3, 0.4) is 0 Å². The average Bonchev–Trinajstić information content (AvgIpc) is 3.32. The van der Waals surface area contributed by atoms with Gasteiger partial charge in [0.15, 0.2) is 0 Å². The fourth-order valence-electron chi connectivity index (χ4n) is 6.00. The third kappa shape index (κ3) is 8.72. The fourth-order valence-corrected chi connectivity index (χ4v) is 6.10. The molecule has 0 aromatic carbocycles. The zero-order valence-corrected chi connectivity index (χ0v) is 28.2. The Morgan fingerprint density at radius 1 is 1.10 bits per heavy atom. The van der Waals surface area contributed by atoms with Crippen molar-refractivity contribution in [2.75, 3.05) is 13.2 Å². The molecule has 2 heterocycles. The Bertz CT molecular complexity index is 1140. The van der Waals surface area contributed by atoms with Crippen molar-refractivity contribution < 1.29 is 36.3 Å². The second-order valence-electron chi connectivity index (χ2n) is 13.0. The molecule has 0 aliphatic carbocycles. The standard InChI is InChI=1S/C30H52N4O6.V/c1-16(2)19(6)21(8)23(10)30(11,22(9)20(7)17(3)4)33-26(35)15-38-24-12-27(40-25(24)14-39-31)34-13-18(5)28(36)32-29(34)37;/h13,16-17,19-25,27H,12,14-15H2,1-11H3,(H,33,35)(H,32,36,37);. The van der Waals surface area contributed by atoms with Crippen molar-refractivity contribution in [1.29, 1.82) is 0 Å². The summed E-state index contributed by atoms with van der Waals surface area (Å²) in [6, 6.07) is 0. The Morgan fingerprint density at radius 3 is 2.24 bits per heavy atom. The van der Waals surface area contributed by atoms with E-state index in [-0.39, 0.29) is 31.0 Å². The summed E-state index contributed by atoms with van der Waals surface area (Å²) in [5.74, 6) is 2.55. The SMILES string of the molecule is Cc1cn(C2CC(OCC(=O)NC(C)(C(C)C(C)C(C)C)C(C)C(C)C(C)C(C)C)C(CO[N]=[V])O2)c(=O)[nH]c1=O. The van der Waals surface area contributed by atoms with E-state index in [1.54, 1.807) is 6.92 Å². The van der Waals surface area contributed by atoms with E-state index in [0.717, 1.165) is 0 Å². The molecule has 9 unspecified atom stereocenters. The molecule has 1 amide bonds. The Morgan fingerprint density at radius 2 is 1.68 bits per heavy atom. The maximum absolute atomic E-state index is 13.5. The summed E-state index contributed by atoms with van der Waals surface area (Å²) in [4.78, 5) is 45.4. The molecular weight excluding hydrogens is 563 g/mol. The summed E-state index contributed by atoms with van der Waals surface area (Å²) >= 11 is 1.98. The predicted octanol–water partition coefficient (Wildman–Crippen LogP) is 4.55. The molecule has 1 saturated heterocycles. The normalized spacial score (nSPS) is 24.4. The van der Waals surface area contributed by atoms with Crippen molar-refractivity contribution in [3.63, 3.8) is 0 Å². The van der Waals surface area contributed by atoms with Gasteiger partial charge in [0.25, 0.3) is 0 Å². The molecule has 0 bridgehead atoms.